The van der Waals surface area contributed by atoms with Crippen LogP contribution in [0.5, 0.6) is 0 Å². The summed E-state index contributed by atoms with van der Waals surface area (Å²) in [6.07, 6.45) is 1.46. The zero-order chi connectivity index (χ0) is 13.2. The van der Waals surface area contributed by atoms with Gasteiger partial charge in [0.1, 0.15) is 5.82 Å². The second kappa shape index (κ2) is 5.59. The summed E-state index contributed by atoms with van der Waals surface area (Å²) in [5.74, 6) is -0.510. The molecule has 0 saturated heterocycles. The quantitative estimate of drug-likeness (QED) is 0.649. The van der Waals surface area contributed by atoms with Crippen molar-refractivity contribution in [3.05, 3.63) is 33.0 Å². The normalized spacial score (nSPS) is 14.2. The Balaban J connectivity index is 3.08. The van der Waals surface area contributed by atoms with E-state index >= 15 is 0 Å². The van der Waals surface area contributed by atoms with Crippen LogP contribution in [-0.2, 0) is 11.0 Å². The maximum atomic E-state index is 13.2. The van der Waals surface area contributed by atoms with E-state index in [2.05, 4.69) is 20.3 Å². The fraction of sp³-hybridized carbons (Fsp3) is 0.364. The van der Waals surface area contributed by atoms with Gasteiger partial charge >= 0.3 is 0 Å². The van der Waals surface area contributed by atoms with Gasteiger partial charge in [-0.1, -0.05) is 11.6 Å². The van der Waals surface area contributed by atoms with Gasteiger partial charge in [0.05, 0.1) is 15.3 Å². The number of hydrogen-bond donors (Lipinski definition) is 1. The van der Waals surface area contributed by atoms with Crippen LogP contribution in [-0.4, -0.2) is 15.2 Å². The van der Waals surface area contributed by atoms with Gasteiger partial charge in [-0.15, -0.1) is 0 Å². The molecule has 1 aromatic rings. The van der Waals surface area contributed by atoms with Crippen LogP contribution in [0.25, 0.3) is 0 Å². The highest BCUT2D eigenvalue weighted by molar-refractivity contribution is 9.10. The molecule has 17 heavy (non-hydrogen) atoms. The lowest BCUT2D eigenvalue weighted by Gasteiger charge is -2.07. The number of hydrogen-bond acceptors (Lipinski definition) is 1. The molecular weight excluding hydrogens is 329 g/mol. The van der Waals surface area contributed by atoms with Crippen molar-refractivity contribution >= 4 is 44.7 Å². The second-order valence-electron chi connectivity index (χ2n) is 4.40. The molecule has 0 spiro atoms. The van der Waals surface area contributed by atoms with Gasteiger partial charge in [-0.25, -0.2) is 4.39 Å². The predicted octanol–water partition coefficient (Wildman–Crippen LogP) is 2.20. The molecule has 1 unspecified atom stereocenters. The first-order valence-electron chi connectivity index (χ1n) is 4.88. The monoisotopic (exact) mass is 340 g/mol. The third-order valence-corrected chi connectivity index (χ3v) is 4.47. The highest BCUT2D eigenvalue weighted by Gasteiger charge is 2.24. The average molecular weight is 342 g/mol. The summed E-state index contributed by atoms with van der Waals surface area (Å²) in [4.78, 5) is 0. The summed E-state index contributed by atoms with van der Waals surface area (Å²) < 4.78 is 28.0. The Morgan fingerprint density at radius 3 is 2.59 bits per heavy atom. The van der Waals surface area contributed by atoms with Gasteiger partial charge in [-0.2, -0.15) is 8.61 Å². The van der Waals surface area contributed by atoms with Crippen LogP contribution in [0, 0.1) is 5.82 Å². The van der Waals surface area contributed by atoms with Crippen molar-refractivity contribution in [1.29, 1.82) is 0 Å². The maximum absolute atomic E-state index is 13.2. The summed E-state index contributed by atoms with van der Waals surface area (Å²) in [7, 11) is -1.27. The Kier molecular flexibility index (Phi) is 4.86. The van der Waals surface area contributed by atoms with Crippen LogP contribution in [0.3, 0.4) is 0 Å². The molecule has 94 valence electrons. The van der Waals surface area contributed by atoms with Crippen LogP contribution in [0.2, 0.25) is 5.02 Å². The smallest absolute Gasteiger partial charge is 0.205 e. The van der Waals surface area contributed by atoms with Crippen LogP contribution >= 0.6 is 27.5 Å². The van der Waals surface area contributed by atoms with Crippen LogP contribution < -0.4 is 4.40 Å². The molecule has 1 rings (SSSR count). The Hall–Kier alpha value is -0.260. The Labute approximate surface area is 116 Å². The molecular formula is C11H13BrClFNOS+. The molecule has 1 aromatic carbocycles. The number of benzene rings is 1. The fourth-order valence-corrected chi connectivity index (χ4v) is 2.32. The van der Waals surface area contributed by atoms with Crippen molar-refractivity contribution in [2.45, 2.75) is 25.5 Å². The number of nitrogens with one attached hydrogen (secondary N) is 1. The van der Waals surface area contributed by atoms with Crippen molar-refractivity contribution in [3.63, 3.8) is 0 Å². The van der Waals surface area contributed by atoms with E-state index < -0.39 is 21.5 Å². The molecule has 0 heterocycles. The van der Waals surface area contributed by atoms with E-state index in [4.69, 9.17) is 11.6 Å². The summed E-state index contributed by atoms with van der Waals surface area (Å²) in [6.45, 7) is 5.52. The van der Waals surface area contributed by atoms with E-state index in [-0.39, 0.29) is 5.02 Å². The van der Waals surface area contributed by atoms with E-state index in [0.29, 0.717) is 10.0 Å². The van der Waals surface area contributed by atoms with Gasteiger partial charge in [-0.3, -0.25) is 0 Å². The van der Waals surface area contributed by atoms with E-state index in [9.17, 15) is 8.60 Å². The van der Waals surface area contributed by atoms with Crippen LogP contribution in [0.4, 0.5) is 4.39 Å². The minimum atomic E-state index is -1.27. The topological polar surface area (TPSA) is 31.0 Å². The zero-order valence-electron chi connectivity index (χ0n) is 9.68. The zero-order valence-corrected chi connectivity index (χ0v) is 12.8. The molecule has 1 N–H and O–H groups in total. The van der Waals surface area contributed by atoms with Gasteiger partial charge in [0.25, 0.3) is 11.0 Å². The van der Waals surface area contributed by atoms with Gasteiger partial charge in [0, 0.05) is 4.47 Å². The molecule has 0 aliphatic rings. The molecule has 0 fully saturated rings. The number of halogens is 3. The first-order valence-corrected chi connectivity index (χ1v) is 7.20. The molecule has 6 heteroatoms. The molecule has 0 amide bonds. The van der Waals surface area contributed by atoms with E-state index in [1.54, 1.807) is 6.07 Å². The Bertz CT molecular complexity index is 485. The fourth-order valence-electron chi connectivity index (χ4n) is 0.964. The largest absolute Gasteiger partial charge is 0.285 e. The Morgan fingerprint density at radius 1 is 1.47 bits per heavy atom. The SMILES string of the molecule is CC(C)(C)S(=O)/[NH+]=C/c1c(Br)ccc(F)c1Cl. The van der Waals surface area contributed by atoms with Gasteiger partial charge < -0.3 is 0 Å². The molecule has 0 aliphatic heterocycles. The predicted molar refractivity (Wildman–Crippen MR) is 73.1 cm³/mol. The summed E-state index contributed by atoms with van der Waals surface area (Å²) in [6, 6.07) is 2.82. The minimum absolute atomic E-state index is 0.00205. The third-order valence-electron chi connectivity index (χ3n) is 1.95. The van der Waals surface area contributed by atoms with Crippen molar-refractivity contribution in [3.8, 4) is 0 Å². The highest BCUT2D eigenvalue weighted by atomic mass is 79.9. The lowest BCUT2D eigenvalue weighted by molar-refractivity contribution is -0.252. The van der Waals surface area contributed by atoms with Gasteiger partial charge in [-0.05, 0) is 48.8 Å². The van der Waals surface area contributed by atoms with E-state index in [1.807, 2.05) is 20.8 Å². The van der Waals surface area contributed by atoms with E-state index in [0.717, 1.165) is 0 Å². The standard InChI is InChI=1S/C11H12BrClFNOS/c1-11(2,3)17(16)15-6-7-8(12)4-5-9(14)10(7)13/h4-6H,1-3H3/p+1/b15-6+. The van der Waals surface area contributed by atoms with Crippen molar-refractivity contribution in [1.82, 2.24) is 0 Å². The van der Waals surface area contributed by atoms with Gasteiger partial charge in [0.15, 0.2) is 6.21 Å². The maximum Gasteiger partial charge on any atom is 0.285 e. The first kappa shape index (κ1) is 14.8. The van der Waals surface area contributed by atoms with Gasteiger partial charge in [0.2, 0.25) is 0 Å². The highest BCUT2D eigenvalue weighted by Crippen LogP contribution is 2.25. The lowest BCUT2D eigenvalue weighted by Crippen LogP contribution is -2.74. The molecule has 1 atom stereocenters. The molecule has 0 bridgehead atoms. The number of rotatable bonds is 2. The minimum Gasteiger partial charge on any atom is -0.205 e. The van der Waals surface area contributed by atoms with Crippen molar-refractivity contribution in [2.75, 3.05) is 0 Å². The summed E-state index contributed by atoms with van der Waals surface area (Å²) >= 11 is 9.08. The van der Waals surface area contributed by atoms with Crippen molar-refractivity contribution < 1.29 is 13.0 Å². The lowest BCUT2D eigenvalue weighted by atomic mass is 10.2. The third kappa shape index (κ3) is 3.86. The van der Waals surface area contributed by atoms with Crippen molar-refractivity contribution in [2.24, 2.45) is 0 Å². The van der Waals surface area contributed by atoms with Crippen LogP contribution in [0.15, 0.2) is 16.6 Å². The Morgan fingerprint density at radius 2 is 2.06 bits per heavy atom. The molecule has 0 aliphatic carbocycles. The molecule has 0 saturated carbocycles. The first-order chi connectivity index (χ1) is 7.73. The summed E-state index contributed by atoms with van der Waals surface area (Å²) in [5.41, 5.74) is 0.448. The summed E-state index contributed by atoms with van der Waals surface area (Å²) in [5, 5.41) is -0.00205. The molecule has 2 nitrogen and oxygen atoms in total. The molecule has 0 radical (unpaired) electrons. The molecule has 0 aromatic heterocycles. The van der Waals surface area contributed by atoms with E-state index in [1.165, 1.54) is 12.3 Å². The second-order valence-corrected chi connectivity index (χ2v) is 7.63. The van der Waals surface area contributed by atoms with Crippen LogP contribution in [0.1, 0.15) is 26.3 Å². The average Bonchev–Trinajstić information content (AvgIpc) is 2.22.